The number of anilines is 1. The molecule has 1 amide bonds. The van der Waals surface area contributed by atoms with Crippen LogP contribution < -0.4 is 15.4 Å². The van der Waals surface area contributed by atoms with E-state index < -0.39 is 0 Å². The van der Waals surface area contributed by atoms with Gasteiger partial charge in [-0.05, 0) is 44.9 Å². The van der Waals surface area contributed by atoms with Crippen LogP contribution in [0.25, 0.3) is 0 Å². The molecule has 1 saturated heterocycles. The number of amides is 1. The second kappa shape index (κ2) is 6.02. The van der Waals surface area contributed by atoms with Crippen LogP contribution in [0.1, 0.15) is 25.3 Å². The lowest BCUT2D eigenvalue weighted by Gasteiger charge is -2.32. The van der Waals surface area contributed by atoms with E-state index >= 15 is 0 Å². The Bertz CT molecular complexity index is 511. The van der Waals surface area contributed by atoms with Crippen LogP contribution >= 0.6 is 11.6 Å². The summed E-state index contributed by atoms with van der Waals surface area (Å²) in [7, 11) is 1.57. The molecule has 1 atom stereocenters. The van der Waals surface area contributed by atoms with Gasteiger partial charge in [-0.3, -0.25) is 4.79 Å². The van der Waals surface area contributed by atoms with E-state index in [1.54, 1.807) is 13.2 Å². The van der Waals surface area contributed by atoms with Crippen LogP contribution in [0.5, 0.6) is 5.75 Å². The predicted octanol–water partition coefficient (Wildman–Crippen LogP) is 2.99. The molecule has 2 rings (SSSR count). The number of piperidine rings is 1. The molecule has 0 spiro atoms. The Kier molecular flexibility index (Phi) is 4.55. The number of rotatable bonds is 3. The zero-order chi connectivity index (χ0) is 14.8. The molecule has 0 aromatic heterocycles. The van der Waals surface area contributed by atoms with Gasteiger partial charge in [0.2, 0.25) is 5.91 Å². The lowest BCUT2D eigenvalue weighted by Crippen LogP contribution is -2.46. The van der Waals surface area contributed by atoms with E-state index in [9.17, 15) is 4.79 Å². The van der Waals surface area contributed by atoms with Crippen molar-refractivity contribution >= 4 is 23.2 Å². The first-order valence-corrected chi connectivity index (χ1v) is 7.20. The van der Waals surface area contributed by atoms with Gasteiger partial charge in [0.05, 0.1) is 18.2 Å². The molecule has 0 saturated carbocycles. The van der Waals surface area contributed by atoms with Crippen molar-refractivity contribution in [1.82, 2.24) is 5.32 Å². The Balaban J connectivity index is 2.21. The maximum atomic E-state index is 12.5. The minimum atomic E-state index is -0.378. The van der Waals surface area contributed by atoms with Crippen molar-refractivity contribution in [3.8, 4) is 5.75 Å². The van der Waals surface area contributed by atoms with Gasteiger partial charge in [0.15, 0.2) is 0 Å². The number of halogens is 1. The topological polar surface area (TPSA) is 50.4 Å². The molecular formula is C15H21ClN2O2. The molecule has 0 bridgehead atoms. The first-order chi connectivity index (χ1) is 9.46. The van der Waals surface area contributed by atoms with E-state index in [2.05, 4.69) is 10.6 Å². The average molecular weight is 297 g/mol. The van der Waals surface area contributed by atoms with E-state index in [4.69, 9.17) is 16.3 Å². The van der Waals surface area contributed by atoms with Crippen LogP contribution in [0.3, 0.4) is 0 Å². The number of carbonyl (C=O) groups is 1. The summed E-state index contributed by atoms with van der Waals surface area (Å²) in [5.41, 5.74) is 1.21. The summed E-state index contributed by atoms with van der Waals surface area (Å²) in [5, 5.41) is 6.89. The number of ether oxygens (including phenoxy) is 1. The summed E-state index contributed by atoms with van der Waals surface area (Å²) >= 11 is 6.07. The summed E-state index contributed by atoms with van der Waals surface area (Å²) < 4.78 is 5.29. The highest BCUT2D eigenvalue weighted by Crippen LogP contribution is 2.33. The maximum Gasteiger partial charge on any atom is 0.231 e. The first kappa shape index (κ1) is 15.1. The highest BCUT2D eigenvalue weighted by Gasteiger charge is 2.35. The molecule has 110 valence electrons. The van der Waals surface area contributed by atoms with Gasteiger partial charge in [-0.15, -0.1) is 0 Å². The zero-order valence-corrected chi connectivity index (χ0v) is 12.9. The standard InChI is InChI=1S/C15H21ClN2O2/c1-10-7-12(13(20-3)8-11(10)16)18-14(19)15(2)5-4-6-17-9-15/h7-8,17H,4-6,9H2,1-3H3,(H,18,19). The van der Waals surface area contributed by atoms with E-state index in [0.717, 1.165) is 24.9 Å². The Labute approximate surface area is 124 Å². The van der Waals surface area contributed by atoms with Crippen molar-refractivity contribution in [2.75, 3.05) is 25.5 Å². The first-order valence-electron chi connectivity index (χ1n) is 6.82. The molecule has 20 heavy (non-hydrogen) atoms. The molecule has 1 aliphatic heterocycles. The minimum Gasteiger partial charge on any atom is -0.495 e. The van der Waals surface area contributed by atoms with Crippen molar-refractivity contribution in [1.29, 1.82) is 0 Å². The molecular weight excluding hydrogens is 276 g/mol. The summed E-state index contributed by atoms with van der Waals surface area (Å²) in [6.45, 7) is 5.57. The summed E-state index contributed by atoms with van der Waals surface area (Å²) in [6.07, 6.45) is 1.90. The van der Waals surface area contributed by atoms with E-state index in [1.165, 1.54) is 0 Å². The molecule has 1 fully saturated rings. The third kappa shape index (κ3) is 3.07. The number of methoxy groups -OCH3 is 1. The number of benzene rings is 1. The smallest absolute Gasteiger partial charge is 0.231 e. The van der Waals surface area contributed by atoms with Crippen molar-refractivity contribution in [3.05, 3.63) is 22.7 Å². The zero-order valence-electron chi connectivity index (χ0n) is 12.2. The number of hydrogen-bond donors (Lipinski definition) is 2. The summed E-state index contributed by atoms with van der Waals surface area (Å²) in [6, 6.07) is 3.58. The fourth-order valence-corrected chi connectivity index (χ4v) is 2.61. The predicted molar refractivity (Wildman–Crippen MR) is 81.6 cm³/mol. The van der Waals surface area contributed by atoms with Crippen molar-refractivity contribution in [2.24, 2.45) is 5.41 Å². The Hall–Kier alpha value is -1.26. The average Bonchev–Trinajstić information content (AvgIpc) is 2.43. The lowest BCUT2D eigenvalue weighted by molar-refractivity contribution is -0.125. The quantitative estimate of drug-likeness (QED) is 0.901. The molecule has 1 unspecified atom stereocenters. The largest absolute Gasteiger partial charge is 0.495 e. The fourth-order valence-electron chi connectivity index (χ4n) is 2.45. The van der Waals surface area contributed by atoms with Crippen molar-refractivity contribution in [2.45, 2.75) is 26.7 Å². The van der Waals surface area contributed by atoms with Gasteiger partial charge in [-0.1, -0.05) is 11.6 Å². The highest BCUT2D eigenvalue weighted by atomic mass is 35.5. The van der Waals surface area contributed by atoms with Crippen LogP contribution in [0.15, 0.2) is 12.1 Å². The number of aryl methyl sites for hydroxylation is 1. The van der Waals surface area contributed by atoms with Crippen LogP contribution in [0.2, 0.25) is 5.02 Å². The van der Waals surface area contributed by atoms with Gasteiger partial charge in [0, 0.05) is 17.6 Å². The van der Waals surface area contributed by atoms with Crippen molar-refractivity contribution in [3.63, 3.8) is 0 Å². The summed E-state index contributed by atoms with van der Waals surface area (Å²) in [5.74, 6) is 0.603. The lowest BCUT2D eigenvalue weighted by atomic mass is 9.82. The molecule has 1 aromatic carbocycles. The van der Waals surface area contributed by atoms with Crippen LogP contribution in [0, 0.1) is 12.3 Å². The van der Waals surface area contributed by atoms with Gasteiger partial charge in [0.1, 0.15) is 5.75 Å². The van der Waals surface area contributed by atoms with E-state index in [1.807, 2.05) is 19.9 Å². The second-order valence-corrected chi connectivity index (χ2v) is 6.00. The van der Waals surface area contributed by atoms with Crippen LogP contribution in [-0.4, -0.2) is 26.1 Å². The molecule has 5 heteroatoms. The van der Waals surface area contributed by atoms with Crippen molar-refractivity contribution < 1.29 is 9.53 Å². The number of carbonyl (C=O) groups excluding carboxylic acids is 1. The third-order valence-electron chi connectivity index (χ3n) is 3.87. The molecule has 1 aliphatic rings. The van der Waals surface area contributed by atoms with Gasteiger partial charge in [-0.2, -0.15) is 0 Å². The van der Waals surface area contributed by atoms with E-state index in [0.29, 0.717) is 23.0 Å². The maximum absolute atomic E-state index is 12.5. The SMILES string of the molecule is COc1cc(Cl)c(C)cc1NC(=O)C1(C)CCCNC1. The molecule has 1 heterocycles. The van der Waals surface area contributed by atoms with Gasteiger partial charge in [0.25, 0.3) is 0 Å². The molecule has 2 N–H and O–H groups in total. The van der Waals surface area contributed by atoms with Crippen LogP contribution in [-0.2, 0) is 4.79 Å². The Morgan fingerprint density at radius 1 is 1.50 bits per heavy atom. The highest BCUT2D eigenvalue weighted by molar-refractivity contribution is 6.31. The second-order valence-electron chi connectivity index (χ2n) is 5.60. The molecule has 4 nitrogen and oxygen atoms in total. The Morgan fingerprint density at radius 3 is 2.85 bits per heavy atom. The van der Waals surface area contributed by atoms with Gasteiger partial charge < -0.3 is 15.4 Å². The third-order valence-corrected chi connectivity index (χ3v) is 4.28. The monoisotopic (exact) mass is 296 g/mol. The molecule has 1 aromatic rings. The van der Waals surface area contributed by atoms with Crippen LogP contribution in [0.4, 0.5) is 5.69 Å². The number of hydrogen-bond acceptors (Lipinski definition) is 3. The number of nitrogens with one attached hydrogen (secondary N) is 2. The van der Waals surface area contributed by atoms with E-state index in [-0.39, 0.29) is 11.3 Å². The normalized spacial score (nSPS) is 22.4. The Morgan fingerprint density at radius 2 is 2.25 bits per heavy atom. The van der Waals surface area contributed by atoms with Gasteiger partial charge >= 0.3 is 0 Å². The van der Waals surface area contributed by atoms with Gasteiger partial charge in [-0.25, -0.2) is 0 Å². The molecule has 0 radical (unpaired) electrons. The molecule has 0 aliphatic carbocycles. The minimum absolute atomic E-state index is 0.0183. The summed E-state index contributed by atoms with van der Waals surface area (Å²) in [4.78, 5) is 12.5. The fraction of sp³-hybridized carbons (Fsp3) is 0.533.